The Morgan fingerprint density at radius 3 is 1.64 bits per heavy atom. The average molecular weight is 203 g/mol. The van der Waals surface area contributed by atoms with Gasteiger partial charge in [0.05, 0.1) is 0 Å². The molecular formula is C7H20Cl2N2. The Labute approximate surface area is 82.3 Å². The minimum absolute atomic E-state index is 0. The van der Waals surface area contributed by atoms with Crippen LogP contribution in [-0.4, -0.2) is 31.6 Å². The van der Waals surface area contributed by atoms with E-state index in [0.29, 0.717) is 12.0 Å². The van der Waals surface area contributed by atoms with Crippen molar-refractivity contribution in [2.24, 2.45) is 11.7 Å². The summed E-state index contributed by atoms with van der Waals surface area (Å²) in [6.45, 7) is 5.28. The maximum absolute atomic E-state index is 5.78. The molecule has 2 N–H and O–H groups in total. The van der Waals surface area contributed by atoms with E-state index >= 15 is 0 Å². The van der Waals surface area contributed by atoms with Crippen LogP contribution in [0.25, 0.3) is 0 Å². The Kier molecular flexibility index (Phi) is 13.7. The smallest absolute Gasteiger partial charge is 0.0190 e. The minimum atomic E-state index is 0. The molecule has 0 saturated carbocycles. The lowest BCUT2D eigenvalue weighted by atomic mass is 10.1. The van der Waals surface area contributed by atoms with Crippen molar-refractivity contribution in [2.45, 2.75) is 19.9 Å². The van der Waals surface area contributed by atoms with E-state index in [4.69, 9.17) is 5.73 Å². The molecule has 1 atom stereocenters. The van der Waals surface area contributed by atoms with E-state index in [1.54, 1.807) is 0 Å². The summed E-state index contributed by atoms with van der Waals surface area (Å²) >= 11 is 0. The highest BCUT2D eigenvalue weighted by molar-refractivity contribution is 5.85. The van der Waals surface area contributed by atoms with Crippen molar-refractivity contribution in [3.8, 4) is 0 Å². The molecule has 0 unspecified atom stereocenters. The third-order valence-electron chi connectivity index (χ3n) is 1.43. The second-order valence-corrected chi connectivity index (χ2v) is 3.17. The van der Waals surface area contributed by atoms with E-state index in [1.165, 1.54) is 0 Å². The van der Waals surface area contributed by atoms with E-state index in [0.717, 1.165) is 6.54 Å². The Morgan fingerprint density at radius 2 is 1.55 bits per heavy atom. The molecule has 0 aromatic heterocycles. The van der Waals surface area contributed by atoms with Crippen LogP contribution < -0.4 is 5.73 Å². The van der Waals surface area contributed by atoms with E-state index in [2.05, 4.69) is 18.7 Å². The van der Waals surface area contributed by atoms with Gasteiger partial charge in [-0.1, -0.05) is 13.8 Å². The van der Waals surface area contributed by atoms with Crippen molar-refractivity contribution in [1.82, 2.24) is 4.90 Å². The standard InChI is InChI=1S/C7H18N2.2ClH/c1-6(2)7(8)5-9(3)4;;/h6-7H,5,8H2,1-4H3;2*1H/t7-;;/m1../s1. The summed E-state index contributed by atoms with van der Waals surface area (Å²) in [5, 5.41) is 0. The van der Waals surface area contributed by atoms with Gasteiger partial charge in [0.1, 0.15) is 0 Å². The quantitative estimate of drug-likeness (QED) is 0.750. The molecule has 0 amide bonds. The molecule has 2 nitrogen and oxygen atoms in total. The van der Waals surface area contributed by atoms with Crippen molar-refractivity contribution in [3.05, 3.63) is 0 Å². The average Bonchev–Trinajstić information content (AvgIpc) is 1.63. The highest BCUT2D eigenvalue weighted by Crippen LogP contribution is 1.97. The molecule has 11 heavy (non-hydrogen) atoms. The van der Waals surface area contributed by atoms with Crippen LogP contribution in [0.15, 0.2) is 0 Å². The maximum atomic E-state index is 5.78. The highest BCUT2D eigenvalue weighted by Gasteiger charge is 2.06. The van der Waals surface area contributed by atoms with E-state index in [1.807, 2.05) is 14.1 Å². The van der Waals surface area contributed by atoms with Crippen LogP contribution in [0.1, 0.15) is 13.8 Å². The molecule has 0 fully saturated rings. The second-order valence-electron chi connectivity index (χ2n) is 3.17. The lowest BCUT2D eigenvalue weighted by molar-refractivity contribution is 0.330. The van der Waals surface area contributed by atoms with Crippen LogP contribution in [0.2, 0.25) is 0 Å². The number of halogens is 2. The van der Waals surface area contributed by atoms with Gasteiger partial charge in [-0.3, -0.25) is 0 Å². The summed E-state index contributed by atoms with van der Waals surface area (Å²) < 4.78 is 0. The van der Waals surface area contributed by atoms with Crippen molar-refractivity contribution < 1.29 is 0 Å². The Morgan fingerprint density at radius 1 is 1.18 bits per heavy atom. The van der Waals surface area contributed by atoms with Gasteiger partial charge in [-0.05, 0) is 20.0 Å². The van der Waals surface area contributed by atoms with Gasteiger partial charge in [0.2, 0.25) is 0 Å². The van der Waals surface area contributed by atoms with E-state index < -0.39 is 0 Å². The lowest BCUT2D eigenvalue weighted by Gasteiger charge is -2.19. The molecule has 0 aliphatic carbocycles. The van der Waals surface area contributed by atoms with Gasteiger partial charge in [0.25, 0.3) is 0 Å². The Bertz CT molecular complexity index is 76.8. The second kappa shape index (κ2) is 8.60. The summed E-state index contributed by atoms with van der Waals surface area (Å²) in [6, 6.07) is 0.319. The number of hydrogen-bond acceptors (Lipinski definition) is 2. The molecule has 72 valence electrons. The molecule has 0 heterocycles. The van der Waals surface area contributed by atoms with Gasteiger partial charge in [0.15, 0.2) is 0 Å². The number of nitrogens with two attached hydrogens (primary N) is 1. The summed E-state index contributed by atoms with van der Waals surface area (Å²) in [6.07, 6.45) is 0. The van der Waals surface area contributed by atoms with Crippen LogP contribution in [0.3, 0.4) is 0 Å². The summed E-state index contributed by atoms with van der Waals surface area (Å²) in [5.41, 5.74) is 5.78. The van der Waals surface area contributed by atoms with Crippen molar-refractivity contribution in [2.75, 3.05) is 20.6 Å². The molecule has 0 aliphatic rings. The van der Waals surface area contributed by atoms with Gasteiger partial charge in [-0.2, -0.15) is 0 Å². The largest absolute Gasteiger partial charge is 0.326 e. The van der Waals surface area contributed by atoms with Crippen molar-refractivity contribution in [1.29, 1.82) is 0 Å². The van der Waals surface area contributed by atoms with Gasteiger partial charge in [-0.25, -0.2) is 0 Å². The first-order valence-corrected chi connectivity index (χ1v) is 3.44. The SMILES string of the molecule is CC(C)[C@H](N)CN(C)C.Cl.Cl. The topological polar surface area (TPSA) is 29.3 Å². The van der Waals surface area contributed by atoms with Gasteiger partial charge < -0.3 is 10.6 Å². The molecular weight excluding hydrogens is 183 g/mol. The van der Waals surface area contributed by atoms with Crippen LogP contribution in [0.4, 0.5) is 0 Å². The summed E-state index contributed by atoms with van der Waals surface area (Å²) in [4.78, 5) is 2.12. The molecule has 4 heteroatoms. The molecule has 0 bridgehead atoms. The molecule has 0 saturated heterocycles. The fraction of sp³-hybridized carbons (Fsp3) is 1.00. The number of nitrogens with zero attached hydrogens (tertiary/aromatic N) is 1. The maximum Gasteiger partial charge on any atom is 0.0190 e. The monoisotopic (exact) mass is 202 g/mol. The predicted octanol–water partition coefficient (Wildman–Crippen LogP) is 1.37. The molecule has 0 aliphatic heterocycles. The Hall–Kier alpha value is 0.500. The zero-order valence-corrected chi connectivity index (χ0v) is 9.34. The van der Waals surface area contributed by atoms with Gasteiger partial charge in [-0.15, -0.1) is 24.8 Å². The van der Waals surface area contributed by atoms with E-state index in [9.17, 15) is 0 Å². The first kappa shape index (κ1) is 17.5. The zero-order valence-electron chi connectivity index (χ0n) is 7.70. The van der Waals surface area contributed by atoms with Crippen molar-refractivity contribution in [3.63, 3.8) is 0 Å². The molecule has 0 aromatic rings. The number of hydrogen-bond donors (Lipinski definition) is 1. The van der Waals surface area contributed by atoms with Crippen molar-refractivity contribution >= 4 is 24.8 Å². The normalized spacial score (nSPS) is 12.3. The third-order valence-corrected chi connectivity index (χ3v) is 1.43. The fourth-order valence-electron chi connectivity index (χ4n) is 0.632. The lowest BCUT2D eigenvalue weighted by Crippen LogP contribution is -2.37. The third kappa shape index (κ3) is 10.5. The Balaban J connectivity index is -0.000000320. The molecule has 0 rings (SSSR count). The summed E-state index contributed by atoms with van der Waals surface area (Å²) in [5.74, 6) is 0.590. The van der Waals surface area contributed by atoms with Gasteiger partial charge in [0, 0.05) is 12.6 Å². The van der Waals surface area contributed by atoms with Crippen LogP contribution >= 0.6 is 24.8 Å². The predicted molar refractivity (Wildman–Crippen MR) is 55.9 cm³/mol. The van der Waals surface area contributed by atoms with Crippen LogP contribution in [-0.2, 0) is 0 Å². The molecule has 0 radical (unpaired) electrons. The van der Waals surface area contributed by atoms with Gasteiger partial charge >= 0.3 is 0 Å². The number of rotatable bonds is 3. The highest BCUT2D eigenvalue weighted by atomic mass is 35.5. The minimum Gasteiger partial charge on any atom is -0.326 e. The molecule has 0 aromatic carbocycles. The first-order chi connectivity index (χ1) is 4.04. The summed E-state index contributed by atoms with van der Waals surface area (Å²) in [7, 11) is 4.09. The van der Waals surface area contributed by atoms with Crippen LogP contribution in [0.5, 0.6) is 0 Å². The zero-order chi connectivity index (χ0) is 7.44. The fourth-order valence-corrected chi connectivity index (χ4v) is 0.632. The number of likely N-dealkylation sites (N-methyl/N-ethyl adjacent to an activating group) is 1. The first-order valence-electron chi connectivity index (χ1n) is 3.44. The molecule has 0 spiro atoms. The van der Waals surface area contributed by atoms with E-state index in [-0.39, 0.29) is 24.8 Å². The van der Waals surface area contributed by atoms with Crippen LogP contribution in [0, 0.1) is 5.92 Å².